The Labute approximate surface area is 138 Å². The number of nitrogens with zero attached hydrogens (tertiary/aromatic N) is 3. The van der Waals surface area contributed by atoms with Crippen molar-refractivity contribution in [2.45, 2.75) is 33.4 Å². The van der Waals surface area contributed by atoms with Crippen molar-refractivity contribution in [3.8, 4) is 11.6 Å². The van der Waals surface area contributed by atoms with Gasteiger partial charge in [0.2, 0.25) is 0 Å². The summed E-state index contributed by atoms with van der Waals surface area (Å²) in [6.07, 6.45) is 2.29. The molecule has 0 spiro atoms. The fraction of sp³-hybridized carbons (Fsp3) is 0.353. The van der Waals surface area contributed by atoms with Gasteiger partial charge in [0.15, 0.2) is 17.5 Å². The molecule has 0 atom stereocenters. The molecule has 0 saturated carbocycles. The Morgan fingerprint density at radius 3 is 2.92 bits per heavy atom. The highest BCUT2D eigenvalue weighted by atomic mass is 16.4. The second-order valence-electron chi connectivity index (χ2n) is 6.01. The molecule has 7 heteroatoms. The summed E-state index contributed by atoms with van der Waals surface area (Å²) in [6, 6.07) is 3.56. The number of aromatic amines is 1. The molecule has 0 aromatic carbocycles. The van der Waals surface area contributed by atoms with Gasteiger partial charge in [0, 0.05) is 33.0 Å². The Bertz CT molecular complexity index is 924. The molecule has 24 heavy (non-hydrogen) atoms. The molecule has 0 aliphatic carbocycles. The van der Waals surface area contributed by atoms with Crippen molar-refractivity contribution in [3.05, 3.63) is 57.4 Å². The number of furan rings is 1. The molecule has 0 amide bonds. The number of rotatable bonds is 3. The average Bonchev–Trinajstić information content (AvgIpc) is 3.18. The molecular formula is C17H18N4O3. The van der Waals surface area contributed by atoms with Crippen molar-refractivity contribution >= 4 is 0 Å². The largest absolute Gasteiger partial charge is 0.461 e. The lowest BCUT2D eigenvalue weighted by Gasteiger charge is -2.26. The first-order valence-electron chi connectivity index (χ1n) is 7.91. The molecule has 1 N–H and O–H groups in total. The molecule has 3 aromatic rings. The minimum atomic E-state index is -0.107. The molecule has 1 aliphatic rings. The Balaban J connectivity index is 1.59. The van der Waals surface area contributed by atoms with Gasteiger partial charge in [0.25, 0.3) is 5.56 Å². The van der Waals surface area contributed by atoms with Crippen LogP contribution in [0.1, 0.15) is 28.6 Å². The maximum Gasteiger partial charge on any atom is 0.256 e. The zero-order chi connectivity index (χ0) is 16.7. The predicted molar refractivity (Wildman–Crippen MR) is 86.4 cm³/mol. The van der Waals surface area contributed by atoms with E-state index in [1.54, 1.807) is 18.4 Å². The number of aromatic nitrogens is 3. The van der Waals surface area contributed by atoms with Crippen LogP contribution in [0.3, 0.4) is 0 Å². The first-order valence-corrected chi connectivity index (χ1v) is 7.91. The molecule has 4 heterocycles. The van der Waals surface area contributed by atoms with Crippen molar-refractivity contribution in [2.24, 2.45) is 0 Å². The van der Waals surface area contributed by atoms with E-state index in [9.17, 15) is 4.79 Å². The number of aryl methyl sites for hydroxylation is 2. The minimum Gasteiger partial charge on any atom is -0.461 e. The van der Waals surface area contributed by atoms with Gasteiger partial charge in [-0.15, -0.1) is 0 Å². The molecule has 7 nitrogen and oxygen atoms in total. The van der Waals surface area contributed by atoms with E-state index in [1.807, 2.05) is 13.8 Å². The van der Waals surface area contributed by atoms with E-state index in [0.717, 1.165) is 35.7 Å². The third-order valence-corrected chi connectivity index (χ3v) is 4.28. The van der Waals surface area contributed by atoms with Crippen molar-refractivity contribution in [2.75, 3.05) is 6.54 Å². The fourth-order valence-electron chi connectivity index (χ4n) is 3.08. The molecule has 1 aliphatic heterocycles. The van der Waals surface area contributed by atoms with Crippen molar-refractivity contribution in [1.82, 2.24) is 19.9 Å². The maximum absolute atomic E-state index is 12.5. The summed E-state index contributed by atoms with van der Waals surface area (Å²) in [7, 11) is 0. The lowest BCUT2D eigenvalue weighted by molar-refractivity contribution is 0.238. The highest BCUT2D eigenvalue weighted by Crippen LogP contribution is 2.21. The van der Waals surface area contributed by atoms with Gasteiger partial charge in [-0.2, -0.15) is 0 Å². The summed E-state index contributed by atoms with van der Waals surface area (Å²) >= 11 is 0. The van der Waals surface area contributed by atoms with E-state index in [-0.39, 0.29) is 5.56 Å². The molecule has 3 aromatic heterocycles. The van der Waals surface area contributed by atoms with Crippen LogP contribution in [0.2, 0.25) is 0 Å². The molecule has 0 fully saturated rings. The predicted octanol–water partition coefficient (Wildman–Crippen LogP) is 2.19. The fourth-order valence-corrected chi connectivity index (χ4v) is 3.08. The van der Waals surface area contributed by atoms with Crippen LogP contribution >= 0.6 is 0 Å². The van der Waals surface area contributed by atoms with Crippen LogP contribution in [0.5, 0.6) is 0 Å². The van der Waals surface area contributed by atoms with E-state index >= 15 is 0 Å². The van der Waals surface area contributed by atoms with Crippen LogP contribution in [0.25, 0.3) is 11.6 Å². The van der Waals surface area contributed by atoms with Crippen LogP contribution in [0.15, 0.2) is 32.0 Å². The summed E-state index contributed by atoms with van der Waals surface area (Å²) in [4.78, 5) is 26.4. The topological polar surface area (TPSA) is 88.2 Å². The van der Waals surface area contributed by atoms with E-state index < -0.39 is 0 Å². The normalized spacial score (nSPS) is 14.8. The average molecular weight is 326 g/mol. The summed E-state index contributed by atoms with van der Waals surface area (Å²) < 4.78 is 10.8. The van der Waals surface area contributed by atoms with Crippen molar-refractivity contribution in [3.63, 3.8) is 0 Å². The molecule has 0 unspecified atom stereocenters. The molecule has 0 radical (unpaired) electrons. The van der Waals surface area contributed by atoms with Gasteiger partial charge in [-0.05, 0) is 19.1 Å². The second kappa shape index (κ2) is 5.76. The van der Waals surface area contributed by atoms with Crippen molar-refractivity contribution < 1.29 is 8.83 Å². The molecule has 124 valence electrons. The Morgan fingerprint density at radius 2 is 2.21 bits per heavy atom. The smallest absolute Gasteiger partial charge is 0.256 e. The number of fused-ring (bicyclic) bond motifs is 1. The lowest BCUT2D eigenvalue weighted by Crippen LogP contribution is -2.35. The number of H-pyrrole nitrogens is 1. The standard InChI is InChI=1S/C17H18N4O3/c1-10-14(18-11(2)24-10)9-21-6-5-13-12(8-21)17(22)20-16(19-13)15-4-3-7-23-15/h3-4,7H,5-6,8-9H2,1-2H3,(H,19,20,22). The van der Waals surface area contributed by atoms with Gasteiger partial charge in [-0.3, -0.25) is 9.69 Å². The Morgan fingerprint density at radius 1 is 1.33 bits per heavy atom. The van der Waals surface area contributed by atoms with Crippen LogP contribution in [0.4, 0.5) is 0 Å². The quantitative estimate of drug-likeness (QED) is 0.794. The number of nitrogens with one attached hydrogen (secondary N) is 1. The highest BCUT2D eigenvalue weighted by molar-refractivity contribution is 5.46. The van der Waals surface area contributed by atoms with E-state index in [1.165, 1.54) is 0 Å². The first kappa shape index (κ1) is 14.9. The highest BCUT2D eigenvalue weighted by Gasteiger charge is 2.23. The molecule has 0 saturated heterocycles. The third kappa shape index (κ3) is 2.67. The summed E-state index contributed by atoms with van der Waals surface area (Å²) in [5.41, 5.74) is 2.38. The maximum atomic E-state index is 12.5. The zero-order valence-electron chi connectivity index (χ0n) is 13.6. The molecule has 4 rings (SSSR count). The van der Waals surface area contributed by atoms with Crippen LogP contribution < -0.4 is 5.56 Å². The van der Waals surface area contributed by atoms with Crippen LogP contribution in [0, 0.1) is 13.8 Å². The van der Waals surface area contributed by atoms with E-state index in [0.29, 0.717) is 30.6 Å². The zero-order valence-corrected chi connectivity index (χ0v) is 13.6. The monoisotopic (exact) mass is 326 g/mol. The summed E-state index contributed by atoms with van der Waals surface area (Å²) in [5.74, 6) is 2.56. The number of oxazole rings is 1. The van der Waals surface area contributed by atoms with Crippen LogP contribution in [-0.2, 0) is 19.5 Å². The number of hydrogen-bond acceptors (Lipinski definition) is 6. The van der Waals surface area contributed by atoms with Gasteiger partial charge in [-0.1, -0.05) is 0 Å². The second-order valence-corrected chi connectivity index (χ2v) is 6.01. The Kier molecular flexibility index (Phi) is 3.57. The van der Waals surface area contributed by atoms with Crippen LogP contribution in [-0.4, -0.2) is 26.4 Å². The Hall–Kier alpha value is -2.67. The van der Waals surface area contributed by atoms with Gasteiger partial charge >= 0.3 is 0 Å². The lowest BCUT2D eigenvalue weighted by atomic mass is 10.1. The minimum absolute atomic E-state index is 0.107. The van der Waals surface area contributed by atoms with Gasteiger partial charge in [0.05, 0.1) is 23.2 Å². The van der Waals surface area contributed by atoms with Gasteiger partial charge in [0.1, 0.15) is 5.76 Å². The first-order chi connectivity index (χ1) is 11.6. The summed E-state index contributed by atoms with van der Waals surface area (Å²) in [5, 5.41) is 0. The van der Waals surface area contributed by atoms with Crippen molar-refractivity contribution in [1.29, 1.82) is 0 Å². The van der Waals surface area contributed by atoms with E-state index in [2.05, 4.69) is 19.9 Å². The number of hydrogen-bond donors (Lipinski definition) is 1. The van der Waals surface area contributed by atoms with Gasteiger partial charge < -0.3 is 13.8 Å². The molecular weight excluding hydrogens is 308 g/mol. The third-order valence-electron chi connectivity index (χ3n) is 4.28. The molecule has 0 bridgehead atoms. The SMILES string of the molecule is Cc1nc(CN2CCc3nc(-c4ccco4)[nH]c(=O)c3C2)c(C)o1. The van der Waals surface area contributed by atoms with E-state index in [4.69, 9.17) is 8.83 Å². The van der Waals surface area contributed by atoms with Gasteiger partial charge in [-0.25, -0.2) is 9.97 Å². The summed E-state index contributed by atoms with van der Waals surface area (Å²) in [6.45, 7) is 5.81.